The molecule has 0 spiro atoms. The molecule has 0 aromatic carbocycles. The van der Waals surface area contributed by atoms with Crippen molar-refractivity contribution in [3.63, 3.8) is 0 Å². The van der Waals surface area contributed by atoms with Crippen LogP contribution in [0.4, 0.5) is 0 Å². The molecular weight excluding hydrogens is 240 g/mol. The molecule has 0 fully saturated rings. The van der Waals surface area contributed by atoms with E-state index in [0.29, 0.717) is 10.6 Å². The predicted octanol–water partition coefficient (Wildman–Crippen LogP) is 3.00. The van der Waals surface area contributed by atoms with Crippen molar-refractivity contribution in [2.24, 2.45) is 0 Å². The molecule has 1 aromatic heterocycles. The summed E-state index contributed by atoms with van der Waals surface area (Å²) in [4.78, 5) is 15.6. The molecule has 0 radical (unpaired) electrons. The summed E-state index contributed by atoms with van der Waals surface area (Å²) in [5.41, 5.74) is 2.13. The van der Waals surface area contributed by atoms with E-state index in [1.807, 2.05) is 0 Å². The smallest absolute Gasteiger partial charge is 0.254 e. The summed E-state index contributed by atoms with van der Waals surface area (Å²) >= 11 is 17.4. The zero-order valence-corrected chi connectivity index (χ0v) is 9.06. The van der Waals surface area contributed by atoms with Crippen LogP contribution in [-0.2, 0) is 0 Å². The number of aromatic nitrogens is 1. The highest BCUT2D eigenvalue weighted by molar-refractivity contribution is 7.12. The Morgan fingerprint density at radius 1 is 1.58 bits per heavy atom. The topological polar surface area (TPSA) is 30.0 Å². The molecule has 0 aliphatic rings. The number of nitrogens with zero attached hydrogens (tertiary/aromatic N) is 1. The lowest BCUT2D eigenvalue weighted by Crippen LogP contribution is -2.18. The van der Waals surface area contributed by atoms with E-state index < -0.39 is 9.58 Å². The lowest BCUT2D eigenvalue weighted by atomic mass is 10.3. The van der Waals surface area contributed by atoms with Crippen LogP contribution in [0.3, 0.4) is 0 Å². The lowest BCUT2D eigenvalue weighted by molar-refractivity contribution is 0.0999. The predicted molar refractivity (Wildman–Crippen MR) is 51.5 cm³/mol. The van der Waals surface area contributed by atoms with Crippen molar-refractivity contribution in [1.82, 2.24) is 4.98 Å². The van der Waals surface area contributed by atoms with E-state index in [9.17, 15) is 4.79 Å². The Morgan fingerprint density at radius 2 is 2.17 bits per heavy atom. The van der Waals surface area contributed by atoms with Gasteiger partial charge in [0.05, 0.1) is 16.1 Å². The standard InChI is InChI=1S/C6H4Cl3NOS/c1-3-4(12-2-10-3)5(11)6(7,8)9/h2H,1H3. The van der Waals surface area contributed by atoms with E-state index >= 15 is 0 Å². The quantitative estimate of drug-likeness (QED) is 0.561. The first-order valence-corrected chi connectivity index (χ1v) is 4.96. The third-order valence-corrected chi connectivity index (χ3v) is 2.65. The number of carbonyl (C=O) groups excluding carboxylic acids is 1. The van der Waals surface area contributed by atoms with Crippen LogP contribution in [0.15, 0.2) is 5.51 Å². The number of halogens is 3. The van der Waals surface area contributed by atoms with Crippen molar-refractivity contribution in [3.05, 3.63) is 16.1 Å². The first-order valence-electron chi connectivity index (χ1n) is 2.94. The van der Waals surface area contributed by atoms with E-state index in [1.54, 1.807) is 12.4 Å². The van der Waals surface area contributed by atoms with Crippen LogP contribution in [-0.4, -0.2) is 14.6 Å². The SMILES string of the molecule is Cc1ncsc1C(=O)C(Cl)(Cl)Cl. The summed E-state index contributed by atoms with van der Waals surface area (Å²) in [5, 5.41) is 0. The van der Waals surface area contributed by atoms with E-state index in [1.165, 1.54) is 11.3 Å². The summed E-state index contributed by atoms with van der Waals surface area (Å²) in [6, 6.07) is 0. The van der Waals surface area contributed by atoms with E-state index in [-0.39, 0.29) is 0 Å². The second-order valence-electron chi connectivity index (χ2n) is 2.09. The maximum atomic E-state index is 11.3. The normalized spacial score (nSPS) is 11.7. The van der Waals surface area contributed by atoms with Gasteiger partial charge in [0.15, 0.2) is 0 Å². The van der Waals surface area contributed by atoms with Gasteiger partial charge >= 0.3 is 0 Å². The van der Waals surface area contributed by atoms with Gasteiger partial charge in [-0.3, -0.25) is 4.79 Å². The van der Waals surface area contributed by atoms with E-state index in [2.05, 4.69) is 4.98 Å². The molecule has 6 heteroatoms. The van der Waals surface area contributed by atoms with Gasteiger partial charge in [0.25, 0.3) is 3.79 Å². The molecule has 0 unspecified atom stereocenters. The first kappa shape index (κ1) is 10.3. The lowest BCUT2D eigenvalue weighted by Gasteiger charge is -2.06. The maximum absolute atomic E-state index is 11.3. The van der Waals surface area contributed by atoms with Crippen LogP contribution in [0.2, 0.25) is 0 Å². The van der Waals surface area contributed by atoms with Crippen molar-refractivity contribution < 1.29 is 4.79 Å². The Morgan fingerprint density at radius 3 is 2.50 bits per heavy atom. The summed E-state index contributed by atoms with van der Waals surface area (Å²) in [5.74, 6) is -0.521. The second kappa shape index (κ2) is 3.50. The third-order valence-electron chi connectivity index (χ3n) is 1.21. The molecule has 1 rings (SSSR count). The van der Waals surface area contributed by atoms with Gasteiger partial charge in [0.2, 0.25) is 5.78 Å². The van der Waals surface area contributed by atoms with Crippen molar-refractivity contribution in [2.45, 2.75) is 10.7 Å². The fourth-order valence-electron chi connectivity index (χ4n) is 0.649. The van der Waals surface area contributed by atoms with Crippen molar-refractivity contribution >= 4 is 51.9 Å². The third kappa shape index (κ3) is 2.10. The van der Waals surface area contributed by atoms with E-state index in [4.69, 9.17) is 34.8 Å². The maximum Gasteiger partial charge on any atom is 0.254 e. The van der Waals surface area contributed by atoms with Crippen LogP contribution in [0.1, 0.15) is 15.4 Å². The molecule has 0 aliphatic heterocycles. The molecule has 0 N–H and O–H groups in total. The van der Waals surface area contributed by atoms with Crippen LogP contribution in [0, 0.1) is 6.92 Å². The van der Waals surface area contributed by atoms with Gasteiger partial charge in [-0.15, -0.1) is 11.3 Å². The summed E-state index contributed by atoms with van der Waals surface area (Å²) < 4.78 is -1.88. The second-order valence-corrected chi connectivity index (χ2v) is 5.23. The summed E-state index contributed by atoms with van der Waals surface area (Å²) in [7, 11) is 0. The fourth-order valence-corrected chi connectivity index (χ4v) is 1.90. The number of Topliss-reactive ketones (excluding diaryl/α,β-unsaturated/α-hetero) is 1. The number of carbonyl (C=O) groups is 1. The average Bonchev–Trinajstić information content (AvgIpc) is 2.31. The number of hydrogen-bond donors (Lipinski definition) is 0. The Balaban J connectivity index is 3.01. The highest BCUT2D eigenvalue weighted by atomic mass is 35.6. The van der Waals surface area contributed by atoms with Gasteiger partial charge in [-0.2, -0.15) is 0 Å². The minimum Gasteiger partial charge on any atom is -0.288 e. The summed E-state index contributed by atoms with van der Waals surface area (Å²) in [6.07, 6.45) is 0. The van der Waals surface area contributed by atoms with Gasteiger partial charge < -0.3 is 0 Å². The zero-order chi connectivity index (χ0) is 9.35. The molecule has 0 bridgehead atoms. The molecule has 0 aliphatic carbocycles. The van der Waals surface area contributed by atoms with Gasteiger partial charge in [-0.25, -0.2) is 4.98 Å². The van der Waals surface area contributed by atoms with Crippen LogP contribution >= 0.6 is 46.1 Å². The number of hydrogen-bond acceptors (Lipinski definition) is 3. The van der Waals surface area contributed by atoms with Crippen LogP contribution < -0.4 is 0 Å². The molecule has 2 nitrogen and oxygen atoms in total. The minimum atomic E-state index is -1.88. The summed E-state index contributed by atoms with van der Waals surface area (Å²) in [6.45, 7) is 1.69. The van der Waals surface area contributed by atoms with Crippen LogP contribution in [0.25, 0.3) is 0 Å². The molecule has 0 saturated carbocycles. The monoisotopic (exact) mass is 243 g/mol. The molecule has 66 valence electrons. The fraction of sp³-hybridized carbons (Fsp3) is 0.333. The molecule has 1 aromatic rings. The van der Waals surface area contributed by atoms with E-state index in [0.717, 1.165) is 0 Å². The Labute approximate surface area is 88.5 Å². The number of aryl methyl sites for hydroxylation is 1. The number of rotatable bonds is 1. The molecule has 0 saturated heterocycles. The Hall–Kier alpha value is 0.170. The van der Waals surface area contributed by atoms with Crippen molar-refractivity contribution in [3.8, 4) is 0 Å². The largest absolute Gasteiger partial charge is 0.288 e. The average molecular weight is 245 g/mol. The minimum absolute atomic E-state index is 0.398. The van der Waals surface area contributed by atoms with Crippen molar-refractivity contribution in [1.29, 1.82) is 0 Å². The van der Waals surface area contributed by atoms with Gasteiger partial charge in [0, 0.05) is 0 Å². The number of thiazole rings is 1. The molecule has 0 amide bonds. The number of ketones is 1. The molecular formula is C6H4Cl3NOS. The zero-order valence-electron chi connectivity index (χ0n) is 5.97. The molecule has 12 heavy (non-hydrogen) atoms. The van der Waals surface area contributed by atoms with Crippen LogP contribution in [0.5, 0.6) is 0 Å². The Kier molecular flexibility index (Phi) is 2.99. The molecule has 0 atom stereocenters. The highest BCUT2D eigenvalue weighted by Gasteiger charge is 2.33. The Bertz CT molecular complexity index is 304. The number of alkyl halides is 3. The van der Waals surface area contributed by atoms with Gasteiger partial charge in [-0.05, 0) is 6.92 Å². The van der Waals surface area contributed by atoms with Gasteiger partial charge in [-0.1, -0.05) is 34.8 Å². The van der Waals surface area contributed by atoms with Gasteiger partial charge in [0.1, 0.15) is 0 Å². The first-order chi connectivity index (χ1) is 5.43. The molecule has 1 heterocycles. The van der Waals surface area contributed by atoms with Crippen molar-refractivity contribution in [2.75, 3.05) is 0 Å². The highest BCUT2D eigenvalue weighted by Crippen LogP contribution is 2.32.